The molecule has 0 spiro atoms. The number of nitrogens with one attached hydrogen (secondary N) is 1. The van der Waals surface area contributed by atoms with Gasteiger partial charge in [-0.1, -0.05) is 36.4 Å². The number of nitrogens with zero attached hydrogens (tertiary/aromatic N) is 2. The minimum Gasteiger partial charge on any atom is -0.507 e. The highest BCUT2D eigenvalue weighted by Crippen LogP contribution is 2.37. The van der Waals surface area contributed by atoms with Gasteiger partial charge in [-0.05, 0) is 31.2 Å². The molecule has 1 unspecified atom stereocenters. The Labute approximate surface area is 135 Å². The quantitative estimate of drug-likeness (QED) is 0.780. The van der Waals surface area contributed by atoms with Gasteiger partial charge < -0.3 is 10.4 Å². The van der Waals surface area contributed by atoms with Crippen molar-refractivity contribution in [1.82, 2.24) is 15.1 Å². The summed E-state index contributed by atoms with van der Waals surface area (Å²) in [6.07, 6.45) is 2.95. The molecule has 23 heavy (non-hydrogen) atoms. The van der Waals surface area contributed by atoms with E-state index in [0.29, 0.717) is 11.7 Å². The van der Waals surface area contributed by atoms with E-state index in [2.05, 4.69) is 22.5 Å². The van der Waals surface area contributed by atoms with Crippen molar-refractivity contribution in [2.45, 2.75) is 12.3 Å². The average molecular weight is 305 g/mol. The summed E-state index contributed by atoms with van der Waals surface area (Å²) in [6.45, 7) is 1.96. The van der Waals surface area contributed by atoms with Crippen LogP contribution in [0.3, 0.4) is 0 Å². The van der Waals surface area contributed by atoms with Gasteiger partial charge in [-0.2, -0.15) is 5.10 Å². The molecule has 4 rings (SSSR count). The van der Waals surface area contributed by atoms with E-state index in [1.165, 1.54) is 5.69 Å². The molecule has 2 heterocycles. The number of hydrogen-bond donors (Lipinski definition) is 2. The lowest BCUT2D eigenvalue weighted by Crippen LogP contribution is -2.12. The zero-order valence-corrected chi connectivity index (χ0v) is 12.8. The highest BCUT2D eigenvalue weighted by Gasteiger charge is 2.26. The molecule has 0 amide bonds. The minimum absolute atomic E-state index is 0.298. The number of rotatable bonds is 3. The largest absolute Gasteiger partial charge is 0.507 e. The Bertz CT molecular complexity index is 804. The summed E-state index contributed by atoms with van der Waals surface area (Å²) in [5.41, 5.74) is 4.08. The van der Waals surface area contributed by atoms with Crippen LogP contribution in [0.4, 0.5) is 0 Å². The van der Waals surface area contributed by atoms with Crippen LogP contribution in [0, 0.1) is 0 Å². The van der Waals surface area contributed by atoms with Gasteiger partial charge >= 0.3 is 0 Å². The summed E-state index contributed by atoms with van der Waals surface area (Å²) in [4.78, 5) is 0. The SMILES string of the molecule is Oc1ccccc1-c1cnn(-c2ccccc2)c1C1CCNC1. The molecule has 1 saturated heterocycles. The molecule has 0 aliphatic carbocycles. The van der Waals surface area contributed by atoms with Crippen molar-refractivity contribution >= 4 is 0 Å². The van der Waals surface area contributed by atoms with E-state index in [9.17, 15) is 5.11 Å². The van der Waals surface area contributed by atoms with Crippen LogP contribution in [-0.2, 0) is 0 Å². The van der Waals surface area contributed by atoms with Gasteiger partial charge in [0.2, 0.25) is 0 Å². The summed E-state index contributed by atoms with van der Waals surface area (Å²) < 4.78 is 2.01. The molecule has 116 valence electrons. The molecule has 1 aliphatic rings. The lowest BCUT2D eigenvalue weighted by atomic mass is 9.96. The smallest absolute Gasteiger partial charge is 0.123 e. The first kappa shape index (κ1) is 14.0. The van der Waals surface area contributed by atoms with Gasteiger partial charge in [-0.3, -0.25) is 0 Å². The molecule has 4 nitrogen and oxygen atoms in total. The van der Waals surface area contributed by atoms with Crippen molar-refractivity contribution < 1.29 is 5.11 Å². The Morgan fingerprint density at radius 3 is 2.52 bits per heavy atom. The van der Waals surface area contributed by atoms with Gasteiger partial charge in [0.05, 0.1) is 17.6 Å². The molecular formula is C19H19N3O. The highest BCUT2D eigenvalue weighted by atomic mass is 16.3. The van der Waals surface area contributed by atoms with Crippen molar-refractivity contribution in [3.63, 3.8) is 0 Å². The van der Waals surface area contributed by atoms with E-state index in [1.807, 2.05) is 47.3 Å². The molecule has 1 aromatic heterocycles. The molecule has 2 aromatic carbocycles. The fourth-order valence-corrected chi connectivity index (χ4v) is 3.32. The number of benzene rings is 2. The maximum atomic E-state index is 10.3. The normalized spacial score (nSPS) is 17.5. The third-order valence-electron chi connectivity index (χ3n) is 4.45. The Morgan fingerprint density at radius 2 is 1.78 bits per heavy atom. The molecule has 2 N–H and O–H groups in total. The minimum atomic E-state index is 0.298. The van der Waals surface area contributed by atoms with Crippen LogP contribution in [0.5, 0.6) is 5.75 Å². The van der Waals surface area contributed by atoms with Crippen molar-refractivity contribution in [1.29, 1.82) is 0 Å². The standard InChI is InChI=1S/C19H19N3O/c23-18-9-5-4-8-16(18)17-13-21-22(15-6-2-1-3-7-15)19(17)14-10-11-20-12-14/h1-9,13-14,20,23H,10-12H2. The predicted molar refractivity (Wildman–Crippen MR) is 90.9 cm³/mol. The van der Waals surface area contributed by atoms with Gasteiger partial charge in [0.25, 0.3) is 0 Å². The molecule has 1 atom stereocenters. The first-order valence-electron chi connectivity index (χ1n) is 7.97. The summed E-state index contributed by atoms with van der Waals surface area (Å²) in [6, 6.07) is 17.7. The molecular weight excluding hydrogens is 286 g/mol. The van der Waals surface area contributed by atoms with E-state index in [0.717, 1.165) is 36.3 Å². The van der Waals surface area contributed by atoms with Crippen molar-refractivity contribution in [3.8, 4) is 22.6 Å². The van der Waals surface area contributed by atoms with Crippen molar-refractivity contribution in [3.05, 3.63) is 66.5 Å². The molecule has 3 aromatic rings. The van der Waals surface area contributed by atoms with Crippen LogP contribution >= 0.6 is 0 Å². The predicted octanol–water partition coefficient (Wildman–Crippen LogP) is 3.32. The van der Waals surface area contributed by atoms with Gasteiger partial charge in [0.1, 0.15) is 5.75 Å². The molecule has 1 fully saturated rings. The lowest BCUT2D eigenvalue weighted by molar-refractivity contribution is 0.477. The second kappa shape index (κ2) is 5.89. The molecule has 0 bridgehead atoms. The van der Waals surface area contributed by atoms with Gasteiger partial charge in [-0.25, -0.2) is 4.68 Å². The van der Waals surface area contributed by atoms with Crippen LogP contribution < -0.4 is 5.32 Å². The molecule has 4 heteroatoms. The fourth-order valence-electron chi connectivity index (χ4n) is 3.32. The summed E-state index contributed by atoms with van der Waals surface area (Å²) in [5, 5.41) is 18.3. The zero-order valence-electron chi connectivity index (χ0n) is 12.8. The summed E-state index contributed by atoms with van der Waals surface area (Å²) >= 11 is 0. The molecule has 0 radical (unpaired) electrons. The van der Waals surface area contributed by atoms with Crippen molar-refractivity contribution in [2.24, 2.45) is 0 Å². The summed E-state index contributed by atoms with van der Waals surface area (Å²) in [5.74, 6) is 0.694. The Hall–Kier alpha value is -2.59. The summed E-state index contributed by atoms with van der Waals surface area (Å²) in [7, 11) is 0. The van der Waals surface area contributed by atoms with E-state index < -0.39 is 0 Å². The Balaban J connectivity index is 1.90. The lowest BCUT2D eigenvalue weighted by Gasteiger charge is -2.15. The number of phenolic OH excluding ortho intramolecular Hbond substituents is 1. The first-order valence-corrected chi connectivity index (χ1v) is 7.97. The van der Waals surface area contributed by atoms with Crippen LogP contribution in [-0.4, -0.2) is 28.0 Å². The topological polar surface area (TPSA) is 50.1 Å². The van der Waals surface area contributed by atoms with E-state index in [-0.39, 0.29) is 0 Å². The number of phenols is 1. The maximum Gasteiger partial charge on any atom is 0.123 e. The maximum absolute atomic E-state index is 10.3. The number of para-hydroxylation sites is 2. The fraction of sp³-hybridized carbons (Fsp3) is 0.211. The van der Waals surface area contributed by atoms with E-state index in [4.69, 9.17) is 0 Å². The van der Waals surface area contributed by atoms with Gasteiger partial charge in [0, 0.05) is 23.6 Å². The van der Waals surface area contributed by atoms with Gasteiger partial charge in [0.15, 0.2) is 0 Å². The number of hydrogen-bond acceptors (Lipinski definition) is 3. The third kappa shape index (κ3) is 2.51. The Morgan fingerprint density at radius 1 is 1.00 bits per heavy atom. The van der Waals surface area contributed by atoms with E-state index >= 15 is 0 Å². The molecule has 1 aliphatic heterocycles. The average Bonchev–Trinajstić information content (AvgIpc) is 3.25. The first-order chi connectivity index (χ1) is 11.3. The van der Waals surface area contributed by atoms with Crippen LogP contribution in [0.1, 0.15) is 18.0 Å². The Kier molecular flexibility index (Phi) is 3.60. The monoisotopic (exact) mass is 305 g/mol. The van der Waals surface area contributed by atoms with Crippen LogP contribution in [0.2, 0.25) is 0 Å². The van der Waals surface area contributed by atoms with Gasteiger partial charge in [-0.15, -0.1) is 0 Å². The number of aromatic hydroxyl groups is 1. The van der Waals surface area contributed by atoms with Crippen molar-refractivity contribution in [2.75, 3.05) is 13.1 Å². The number of aromatic nitrogens is 2. The van der Waals surface area contributed by atoms with Crippen LogP contribution in [0.25, 0.3) is 16.8 Å². The second-order valence-corrected chi connectivity index (χ2v) is 5.90. The highest BCUT2D eigenvalue weighted by molar-refractivity contribution is 5.72. The van der Waals surface area contributed by atoms with E-state index in [1.54, 1.807) is 6.07 Å². The third-order valence-corrected chi connectivity index (χ3v) is 4.45. The second-order valence-electron chi connectivity index (χ2n) is 5.90. The molecule has 0 saturated carbocycles. The zero-order chi connectivity index (χ0) is 15.6. The van der Waals surface area contributed by atoms with Crippen LogP contribution in [0.15, 0.2) is 60.8 Å².